The number of ether oxygens (including phenoxy) is 1. The van der Waals surface area contributed by atoms with Crippen molar-refractivity contribution in [2.24, 2.45) is 0 Å². The van der Waals surface area contributed by atoms with E-state index in [1.54, 1.807) is 11.3 Å². The van der Waals surface area contributed by atoms with Crippen LogP contribution < -0.4 is 0 Å². The Morgan fingerprint density at radius 1 is 1.46 bits per heavy atom. The minimum absolute atomic E-state index is 0.166. The first-order valence-electron chi connectivity index (χ1n) is 8.47. The Bertz CT molecular complexity index is 640. The van der Waals surface area contributed by atoms with E-state index in [-0.39, 0.29) is 12.0 Å². The van der Waals surface area contributed by atoms with E-state index in [4.69, 9.17) is 9.26 Å². The van der Waals surface area contributed by atoms with Crippen LogP contribution in [-0.2, 0) is 22.5 Å². The van der Waals surface area contributed by atoms with E-state index < -0.39 is 0 Å². The summed E-state index contributed by atoms with van der Waals surface area (Å²) in [5, 5.41) is 6.01. The molecular weight excluding hydrogens is 324 g/mol. The highest BCUT2D eigenvalue weighted by atomic mass is 32.1. The summed E-state index contributed by atoms with van der Waals surface area (Å²) in [5.41, 5.74) is 1.93. The first-order chi connectivity index (χ1) is 11.6. The van der Waals surface area contributed by atoms with Gasteiger partial charge >= 0.3 is 0 Å². The summed E-state index contributed by atoms with van der Waals surface area (Å²) >= 11 is 1.69. The number of aromatic nitrogens is 1. The Kier molecular flexibility index (Phi) is 5.68. The normalized spacial score (nSPS) is 17.3. The molecule has 130 valence electrons. The van der Waals surface area contributed by atoms with Crippen LogP contribution in [0.3, 0.4) is 0 Å². The van der Waals surface area contributed by atoms with Crippen LogP contribution in [0, 0.1) is 13.8 Å². The minimum atomic E-state index is 0.166. The molecule has 2 aromatic heterocycles. The second-order valence-electron chi connectivity index (χ2n) is 6.29. The second-order valence-corrected chi connectivity index (χ2v) is 7.32. The second kappa shape index (κ2) is 7.94. The van der Waals surface area contributed by atoms with E-state index in [2.05, 4.69) is 11.2 Å². The van der Waals surface area contributed by atoms with Gasteiger partial charge in [0, 0.05) is 30.0 Å². The molecule has 0 spiro atoms. The van der Waals surface area contributed by atoms with Crippen molar-refractivity contribution in [2.75, 3.05) is 13.2 Å². The lowest BCUT2D eigenvalue weighted by molar-refractivity contribution is -0.133. The van der Waals surface area contributed by atoms with Gasteiger partial charge < -0.3 is 14.2 Å². The van der Waals surface area contributed by atoms with Gasteiger partial charge in [-0.3, -0.25) is 4.79 Å². The predicted octanol–water partition coefficient (Wildman–Crippen LogP) is 3.49. The van der Waals surface area contributed by atoms with Crippen molar-refractivity contribution in [3.63, 3.8) is 0 Å². The molecule has 0 N–H and O–H groups in total. The molecule has 5 nitrogen and oxygen atoms in total. The fraction of sp³-hybridized carbons (Fsp3) is 0.556. The molecule has 24 heavy (non-hydrogen) atoms. The van der Waals surface area contributed by atoms with Crippen LogP contribution in [0.15, 0.2) is 22.0 Å². The quantitative estimate of drug-likeness (QED) is 0.768. The van der Waals surface area contributed by atoms with Crippen LogP contribution in [0.2, 0.25) is 0 Å². The summed E-state index contributed by atoms with van der Waals surface area (Å²) in [5.74, 6) is 0.975. The van der Waals surface area contributed by atoms with E-state index in [9.17, 15) is 4.79 Å². The van der Waals surface area contributed by atoms with Crippen LogP contribution in [0.1, 0.15) is 41.2 Å². The SMILES string of the molecule is Cc1noc(C)c1CCC(=O)N(Cc1cccs1)CC1CCCO1. The Balaban J connectivity index is 1.63. The Morgan fingerprint density at radius 2 is 2.33 bits per heavy atom. The Morgan fingerprint density at radius 3 is 2.96 bits per heavy atom. The van der Waals surface area contributed by atoms with E-state index in [1.165, 1.54) is 4.88 Å². The molecule has 0 saturated carbocycles. The Hall–Kier alpha value is -1.66. The summed E-state index contributed by atoms with van der Waals surface area (Å²) in [7, 11) is 0. The van der Waals surface area contributed by atoms with Gasteiger partial charge in [-0.05, 0) is 44.6 Å². The molecule has 1 amide bonds. The zero-order valence-electron chi connectivity index (χ0n) is 14.3. The zero-order valence-corrected chi connectivity index (χ0v) is 15.1. The number of aryl methyl sites for hydroxylation is 2. The van der Waals surface area contributed by atoms with E-state index >= 15 is 0 Å². The summed E-state index contributed by atoms with van der Waals surface area (Å²) in [6.07, 6.45) is 3.45. The van der Waals surface area contributed by atoms with Crippen molar-refractivity contribution in [3.05, 3.63) is 39.4 Å². The number of carbonyl (C=O) groups is 1. The highest BCUT2D eigenvalue weighted by Gasteiger charge is 2.23. The third kappa shape index (κ3) is 4.24. The molecular formula is C18H24N2O3S. The van der Waals surface area contributed by atoms with Gasteiger partial charge in [0.05, 0.1) is 18.3 Å². The van der Waals surface area contributed by atoms with Gasteiger partial charge in [0.25, 0.3) is 0 Å². The van der Waals surface area contributed by atoms with Gasteiger partial charge in [0.2, 0.25) is 5.91 Å². The molecule has 3 heterocycles. The van der Waals surface area contributed by atoms with Gasteiger partial charge in [-0.1, -0.05) is 11.2 Å². The Labute approximate surface area is 146 Å². The van der Waals surface area contributed by atoms with E-state index in [1.807, 2.05) is 30.2 Å². The highest BCUT2D eigenvalue weighted by Crippen LogP contribution is 2.20. The van der Waals surface area contributed by atoms with Crippen molar-refractivity contribution in [1.82, 2.24) is 10.1 Å². The average molecular weight is 348 g/mol. The number of amides is 1. The molecule has 3 rings (SSSR count). The fourth-order valence-corrected chi connectivity index (χ4v) is 3.85. The molecule has 0 bridgehead atoms. The molecule has 1 aliphatic rings. The number of hydrogen-bond acceptors (Lipinski definition) is 5. The maximum atomic E-state index is 12.8. The van der Waals surface area contributed by atoms with Crippen LogP contribution in [0.4, 0.5) is 0 Å². The van der Waals surface area contributed by atoms with Gasteiger partial charge in [-0.15, -0.1) is 11.3 Å². The standard InChI is InChI=1S/C18H24N2O3S/c1-13-17(14(2)23-19-13)7-8-18(21)20(11-15-5-3-9-22-15)12-16-6-4-10-24-16/h4,6,10,15H,3,5,7-9,11-12H2,1-2H3. The zero-order chi connectivity index (χ0) is 16.9. The molecule has 6 heteroatoms. The number of nitrogens with zero attached hydrogens (tertiary/aromatic N) is 2. The van der Waals surface area contributed by atoms with Crippen molar-refractivity contribution in [2.45, 2.75) is 52.2 Å². The monoisotopic (exact) mass is 348 g/mol. The molecule has 1 saturated heterocycles. The smallest absolute Gasteiger partial charge is 0.223 e. The van der Waals surface area contributed by atoms with Crippen LogP contribution >= 0.6 is 11.3 Å². The first-order valence-corrected chi connectivity index (χ1v) is 9.35. The highest BCUT2D eigenvalue weighted by molar-refractivity contribution is 7.09. The van der Waals surface area contributed by atoms with Crippen LogP contribution in [0.25, 0.3) is 0 Å². The maximum Gasteiger partial charge on any atom is 0.223 e. The summed E-state index contributed by atoms with van der Waals surface area (Å²) in [4.78, 5) is 16.0. The molecule has 1 fully saturated rings. The molecule has 1 atom stereocenters. The topological polar surface area (TPSA) is 55.6 Å². The van der Waals surface area contributed by atoms with Gasteiger partial charge in [-0.2, -0.15) is 0 Å². The maximum absolute atomic E-state index is 12.8. The van der Waals surface area contributed by atoms with Gasteiger partial charge in [-0.25, -0.2) is 0 Å². The van der Waals surface area contributed by atoms with Gasteiger partial charge in [0.15, 0.2) is 0 Å². The first kappa shape index (κ1) is 17.2. The summed E-state index contributed by atoms with van der Waals surface area (Å²) in [6.45, 7) is 5.97. The number of rotatable bonds is 7. The van der Waals surface area contributed by atoms with E-state index in [0.29, 0.717) is 25.9 Å². The van der Waals surface area contributed by atoms with E-state index in [0.717, 1.165) is 36.5 Å². The number of hydrogen-bond donors (Lipinski definition) is 0. The molecule has 0 radical (unpaired) electrons. The molecule has 1 aliphatic heterocycles. The fourth-order valence-electron chi connectivity index (χ4n) is 3.13. The molecule has 0 aromatic carbocycles. The molecule has 0 aliphatic carbocycles. The molecule has 1 unspecified atom stereocenters. The lowest BCUT2D eigenvalue weighted by Crippen LogP contribution is -2.36. The van der Waals surface area contributed by atoms with Crippen LogP contribution in [0.5, 0.6) is 0 Å². The predicted molar refractivity (Wildman–Crippen MR) is 93.0 cm³/mol. The van der Waals surface area contributed by atoms with Crippen molar-refractivity contribution in [3.8, 4) is 0 Å². The third-order valence-electron chi connectivity index (χ3n) is 4.50. The molecule has 2 aromatic rings. The summed E-state index contributed by atoms with van der Waals surface area (Å²) < 4.78 is 10.9. The minimum Gasteiger partial charge on any atom is -0.376 e. The number of carbonyl (C=O) groups excluding carboxylic acids is 1. The van der Waals surface area contributed by atoms with Crippen molar-refractivity contribution < 1.29 is 14.1 Å². The van der Waals surface area contributed by atoms with Crippen LogP contribution in [-0.4, -0.2) is 35.2 Å². The van der Waals surface area contributed by atoms with Crippen molar-refractivity contribution in [1.29, 1.82) is 0 Å². The largest absolute Gasteiger partial charge is 0.376 e. The van der Waals surface area contributed by atoms with Crippen molar-refractivity contribution >= 4 is 17.2 Å². The lowest BCUT2D eigenvalue weighted by atomic mass is 10.1. The average Bonchev–Trinajstić information content (AvgIpc) is 3.30. The third-order valence-corrected chi connectivity index (χ3v) is 5.36. The van der Waals surface area contributed by atoms with Gasteiger partial charge in [0.1, 0.15) is 5.76 Å². The number of thiophene rings is 1. The summed E-state index contributed by atoms with van der Waals surface area (Å²) in [6, 6.07) is 4.10. The lowest BCUT2D eigenvalue weighted by Gasteiger charge is -2.25.